The molecular weight excluding hydrogens is 393 g/mol. The molecule has 0 N–H and O–H groups in total. The van der Waals surface area contributed by atoms with Gasteiger partial charge in [0.15, 0.2) is 11.6 Å². The first-order chi connectivity index (χ1) is 15.1. The van der Waals surface area contributed by atoms with Gasteiger partial charge in [-0.15, -0.1) is 0 Å². The molecule has 1 heterocycles. The van der Waals surface area contributed by atoms with Gasteiger partial charge >= 0.3 is 0 Å². The highest BCUT2D eigenvalue weighted by Gasteiger charge is 2.37. The number of para-hydroxylation sites is 1. The maximum atomic E-state index is 14.3. The lowest BCUT2D eigenvalue weighted by molar-refractivity contribution is -0.133. The Morgan fingerprint density at radius 3 is 2.48 bits per heavy atom. The van der Waals surface area contributed by atoms with Crippen LogP contribution in [-0.2, 0) is 18.4 Å². The molecule has 1 aromatic heterocycles. The summed E-state index contributed by atoms with van der Waals surface area (Å²) in [6.45, 7) is 1.17. The van der Waals surface area contributed by atoms with Crippen LogP contribution in [0.5, 0.6) is 11.6 Å². The predicted molar refractivity (Wildman–Crippen MR) is 116 cm³/mol. The molecule has 6 heteroatoms. The smallest absolute Gasteiger partial charge is 0.225 e. The lowest BCUT2D eigenvalue weighted by Gasteiger charge is -2.23. The Morgan fingerprint density at radius 2 is 1.81 bits per heavy atom. The molecule has 2 aromatic carbocycles. The van der Waals surface area contributed by atoms with Gasteiger partial charge in [-0.1, -0.05) is 42.5 Å². The Morgan fingerprint density at radius 1 is 1.10 bits per heavy atom. The molecule has 0 unspecified atom stereocenters. The molecule has 1 amide bonds. The summed E-state index contributed by atoms with van der Waals surface area (Å²) in [6.07, 6.45) is 4.28. The van der Waals surface area contributed by atoms with E-state index in [4.69, 9.17) is 9.84 Å². The van der Waals surface area contributed by atoms with Crippen LogP contribution in [-0.4, -0.2) is 27.1 Å². The van der Waals surface area contributed by atoms with Crippen molar-refractivity contribution in [3.05, 3.63) is 66.0 Å². The number of aromatic nitrogens is 2. The largest absolute Gasteiger partial charge is 0.436 e. The van der Waals surface area contributed by atoms with Crippen LogP contribution in [0.2, 0.25) is 0 Å². The van der Waals surface area contributed by atoms with Crippen LogP contribution >= 0.6 is 0 Å². The molecule has 2 aliphatic rings. The van der Waals surface area contributed by atoms with Gasteiger partial charge in [-0.2, -0.15) is 5.10 Å². The van der Waals surface area contributed by atoms with E-state index in [0.29, 0.717) is 18.3 Å². The first kappa shape index (κ1) is 19.8. The van der Waals surface area contributed by atoms with Crippen LogP contribution in [0.1, 0.15) is 31.2 Å². The summed E-state index contributed by atoms with van der Waals surface area (Å²) in [7, 11) is 1.79. The van der Waals surface area contributed by atoms with Crippen molar-refractivity contribution < 1.29 is 13.9 Å². The Kier molecular flexibility index (Phi) is 5.22. The molecule has 2 aliphatic carbocycles. The Labute approximate surface area is 181 Å². The summed E-state index contributed by atoms with van der Waals surface area (Å²) >= 11 is 0. The molecule has 2 saturated carbocycles. The third kappa shape index (κ3) is 4.33. The van der Waals surface area contributed by atoms with Gasteiger partial charge in [-0.25, -0.2) is 9.07 Å². The molecule has 5 rings (SSSR count). The highest BCUT2D eigenvalue weighted by atomic mass is 19.1. The fourth-order valence-electron chi connectivity index (χ4n) is 3.91. The van der Waals surface area contributed by atoms with Gasteiger partial charge in [0.2, 0.25) is 11.8 Å². The topological polar surface area (TPSA) is 47.4 Å². The molecule has 31 heavy (non-hydrogen) atoms. The normalized spacial score (nSPS) is 15.7. The minimum absolute atomic E-state index is 0.145. The van der Waals surface area contributed by atoms with Crippen molar-refractivity contribution >= 4 is 5.91 Å². The van der Waals surface area contributed by atoms with Crippen LogP contribution in [0.15, 0.2) is 54.6 Å². The predicted octanol–water partition coefficient (Wildman–Crippen LogP) is 5.17. The molecule has 0 saturated heterocycles. The number of aryl methyl sites for hydroxylation is 1. The maximum Gasteiger partial charge on any atom is 0.225 e. The average molecular weight is 420 g/mol. The fraction of sp³-hybridized carbons (Fsp3) is 0.360. The van der Waals surface area contributed by atoms with E-state index < -0.39 is 5.82 Å². The first-order valence-electron chi connectivity index (χ1n) is 10.9. The summed E-state index contributed by atoms with van der Waals surface area (Å²) < 4.78 is 22.0. The number of carbonyl (C=O) groups is 1. The molecule has 5 nitrogen and oxygen atoms in total. The zero-order chi connectivity index (χ0) is 21.4. The Hall–Kier alpha value is -3.15. The molecule has 0 radical (unpaired) electrons. The number of amides is 1. The standard InChI is InChI=1S/C25H26FN3O2/c1-28-25(31-22-10-6-5-9-21(22)26)20(23(27-28)18-7-3-2-4-8-18)16-29(15-17-11-12-17)24(30)19-13-14-19/h2-10,17,19H,11-16H2,1H3. The number of benzene rings is 2. The molecule has 0 spiro atoms. The number of ether oxygens (including phenoxy) is 1. The van der Waals surface area contributed by atoms with Crippen molar-refractivity contribution in [2.75, 3.05) is 6.54 Å². The van der Waals surface area contributed by atoms with E-state index in [9.17, 15) is 9.18 Å². The monoisotopic (exact) mass is 419 g/mol. The van der Waals surface area contributed by atoms with Crippen molar-refractivity contribution in [3.63, 3.8) is 0 Å². The van der Waals surface area contributed by atoms with E-state index in [1.165, 1.54) is 18.9 Å². The Bertz CT molecular complexity index is 1090. The summed E-state index contributed by atoms with van der Waals surface area (Å²) in [6, 6.07) is 16.2. The second-order valence-corrected chi connectivity index (χ2v) is 8.59. The van der Waals surface area contributed by atoms with Gasteiger partial charge in [0.25, 0.3) is 0 Å². The highest BCUT2D eigenvalue weighted by molar-refractivity contribution is 5.81. The lowest BCUT2D eigenvalue weighted by atomic mass is 10.1. The van der Waals surface area contributed by atoms with Crippen LogP contribution in [0, 0.1) is 17.7 Å². The van der Waals surface area contributed by atoms with Gasteiger partial charge in [-0.3, -0.25) is 4.79 Å². The van der Waals surface area contributed by atoms with Crippen molar-refractivity contribution in [1.29, 1.82) is 0 Å². The number of hydrogen-bond acceptors (Lipinski definition) is 3. The van der Waals surface area contributed by atoms with Gasteiger partial charge < -0.3 is 9.64 Å². The summed E-state index contributed by atoms with van der Waals surface area (Å²) in [5.41, 5.74) is 2.52. The van der Waals surface area contributed by atoms with Crippen molar-refractivity contribution in [2.45, 2.75) is 32.2 Å². The van der Waals surface area contributed by atoms with Crippen LogP contribution in [0.25, 0.3) is 11.3 Å². The van der Waals surface area contributed by atoms with Gasteiger partial charge in [0, 0.05) is 25.1 Å². The van der Waals surface area contributed by atoms with E-state index in [1.54, 1.807) is 29.9 Å². The van der Waals surface area contributed by atoms with E-state index in [0.717, 1.165) is 36.2 Å². The van der Waals surface area contributed by atoms with Gasteiger partial charge in [-0.05, 0) is 43.7 Å². The zero-order valence-corrected chi connectivity index (χ0v) is 17.6. The maximum absolute atomic E-state index is 14.3. The number of hydrogen-bond donors (Lipinski definition) is 0. The SMILES string of the molecule is Cn1nc(-c2ccccc2)c(CN(CC2CC2)C(=O)C2CC2)c1Oc1ccccc1F. The van der Waals surface area contributed by atoms with Crippen molar-refractivity contribution in [2.24, 2.45) is 18.9 Å². The molecule has 3 aromatic rings. The average Bonchev–Trinajstić information content (AvgIpc) is 3.70. The van der Waals surface area contributed by atoms with Gasteiger partial charge in [0.05, 0.1) is 12.1 Å². The highest BCUT2D eigenvalue weighted by Crippen LogP contribution is 2.39. The molecular formula is C25H26FN3O2. The number of rotatable bonds is 8. The van der Waals surface area contributed by atoms with Crippen LogP contribution < -0.4 is 4.74 Å². The molecule has 160 valence electrons. The summed E-state index contributed by atoms with van der Waals surface area (Å²) in [5, 5.41) is 4.71. The Balaban J connectivity index is 1.55. The second kappa shape index (κ2) is 8.17. The first-order valence-corrected chi connectivity index (χ1v) is 10.9. The third-order valence-corrected chi connectivity index (χ3v) is 5.94. The van der Waals surface area contributed by atoms with E-state index in [1.807, 2.05) is 35.2 Å². The van der Waals surface area contributed by atoms with E-state index >= 15 is 0 Å². The summed E-state index contributed by atoms with van der Waals surface area (Å²) in [4.78, 5) is 15.0. The minimum Gasteiger partial charge on any atom is -0.436 e. The van der Waals surface area contributed by atoms with E-state index in [-0.39, 0.29) is 17.6 Å². The molecule has 2 fully saturated rings. The number of carbonyl (C=O) groups excluding carboxylic acids is 1. The molecule has 0 aliphatic heterocycles. The zero-order valence-electron chi connectivity index (χ0n) is 17.6. The van der Waals surface area contributed by atoms with Crippen molar-refractivity contribution in [1.82, 2.24) is 14.7 Å². The van der Waals surface area contributed by atoms with Crippen LogP contribution in [0.4, 0.5) is 4.39 Å². The van der Waals surface area contributed by atoms with E-state index in [2.05, 4.69) is 0 Å². The second-order valence-electron chi connectivity index (χ2n) is 8.59. The number of halogens is 1. The molecule has 0 atom stereocenters. The summed E-state index contributed by atoms with van der Waals surface area (Å²) in [5.74, 6) is 1.12. The van der Waals surface area contributed by atoms with Gasteiger partial charge in [0.1, 0.15) is 5.69 Å². The molecule has 0 bridgehead atoms. The quantitative estimate of drug-likeness (QED) is 0.506. The van der Waals surface area contributed by atoms with Crippen LogP contribution in [0.3, 0.4) is 0 Å². The third-order valence-electron chi connectivity index (χ3n) is 5.94. The minimum atomic E-state index is -0.431. The lowest BCUT2D eigenvalue weighted by Crippen LogP contribution is -2.33. The van der Waals surface area contributed by atoms with Crippen molar-refractivity contribution in [3.8, 4) is 22.9 Å². The fourth-order valence-corrected chi connectivity index (χ4v) is 3.91. The number of nitrogens with zero attached hydrogens (tertiary/aromatic N) is 3.